The second-order valence-electron chi connectivity index (χ2n) is 4.66. The van der Waals surface area contributed by atoms with Gasteiger partial charge in [0.05, 0.1) is 6.04 Å². The van der Waals surface area contributed by atoms with Gasteiger partial charge in [0.1, 0.15) is 10.0 Å². The van der Waals surface area contributed by atoms with Crippen LogP contribution in [0.2, 0.25) is 0 Å². The van der Waals surface area contributed by atoms with Crippen molar-refractivity contribution < 1.29 is 0 Å². The first-order chi connectivity index (χ1) is 7.15. The molecule has 2 rings (SSSR count). The highest BCUT2D eigenvalue weighted by Gasteiger charge is 2.23. The van der Waals surface area contributed by atoms with E-state index in [0.29, 0.717) is 12.1 Å². The fraction of sp³-hybridized carbons (Fsp3) is 0.818. The molecule has 1 fully saturated rings. The Labute approximate surface area is 95.3 Å². The molecule has 15 heavy (non-hydrogen) atoms. The van der Waals surface area contributed by atoms with E-state index in [2.05, 4.69) is 29.4 Å². The van der Waals surface area contributed by atoms with Crippen molar-refractivity contribution >= 4 is 11.3 Å². The first-order valence-electron chi connectivity index (χ1n) is 5.71. The van der Waals surface area contributed by atoms with Crippen LogP contribution in [0.15, 0.2) is 0 Å². The summed E-state index contributed by atoms with van der Waals surface area (Å²) in [7, 11) is 0. The molecule has 0 amide bonds. The van der Waals surface area contributed by atoms with E-state index in [-0.39, 0.29) is 0 Å². The van der Waals surface area contributed by atoms with Crippen molar-refractivity contribution in [2.45, 2.75) is 52.1 Å². The maximum atomic E-state index is 4.18. The van der Waals surface area contributed by atoms with Crippen LogP contribution in [0, 0.1) is 12.8 Å². The number of nitrogens with one attached hydrogen (secondary N) is 1. The lowest BCUT2D eigenvalue weighted by Gasteiger charge is -2.16. The van der Waals surface area contributed by atoms with E-state index < -0.39 is 0 Å². The topological polar surface area (TPSA) is 37.8 Å². The Hall–Kier alpha value is -0.480. The molecule has 1 aliphatic rings. The molecule has 1 saturated carbocycles. The second-order valence-corrected chi connectivity index (χ2v) is 5.88. The highest BCUT2D eigenvalue weighted by Crippen LogP contribution is 2.27. The van der Waals surface area contributed by atoms with Crippen molar-refractivity contribution in [3.05, 3.63) is 10.0 Å². The van der Waals surface area contributed by atoms with E-state index in [1.807, 2.05) is 6.92 Å². The normalized spacial score (nSPS) is 28.2. The molecular formula is C11H19N3S. The maximum Gasteiger partial charge on any atom is 0.134 e. The quantitative estimate of drug-likeness (QED) is 0.859. The summed E-state index contributed by atoms with van der Waals surface area (Å²) >= 11 is 1.70. The van der Waals surface area contributed by atoms with Crippen LogP contribution in [0.4, 0.5) is 0 Å². The van der Waals surface area contributed by atoms with E-state index in [4.69, 9.17) is 0 Å². The molecule has 1 heterocycles. The molecule has 0 radical (unpaired) electrons. The number of hydrogen-bond acceptors (Lipinski definition) is 4. The van der Waals surface area contributed by atoms with Gasteiger partial charge in [-0.1, -0.05) is 6.92 Å². The average Bonchev–Trinajstić information content (AvgIpc) is 2.75. The molecule has 1 aromatic heterocycles. The fourth-order valence-electron chi connectivity index (χ4n) is 2.27. The minimum absolute atomic E-state index is 0.353. The van der Waals surface area contributed by atoms with Crippen molar-refractivity contribution in [1.29, 1.82) is 0 Å². The molecule has 0 saturated heterocycles. The molecule has 4 heteroatoms. The molecule has 3 unspecified atom stereocenters. The minimum Gasteiger partial charge on any atom is -0.305 e. The van der Waals surface area contributed by atoms with Crippen LogP contribution >= 0.6 is 11.3 Å². The van der Waals surface area contributed by atoms with Crippen molar-refractivity contribution in [3.8, 4) is 0 Å². The molecule has 0 spiro atoms. The molecule has 1 N–H and O–H groups in total. The van der Waals surface area contributed by atoms with Gasteiger partial charge < -0.3 is 5.32 Å². The summed E-state index contributed by atoms with van der Waals surface area (Å²) in [4.78, 5) is 0. The van der Waals surface area contributed by atoms with Crippen molar-refractivity contribution in [1.82, 2.24) is 15.5 Å². The Balaban J connectivity index is 1.89. The summed E-state index contributed by atoms with van der Waals surface area (Å²) in [6.45, 7) is 6.52. The number of aromatic nitrogens is 2. The van der Waals surface area contributed by atoms with Crippen molar-refractivity contribution in [2.75, 3.05) is 0 Å². The Morgan fingerprint density at radius 1 is 1.40 bits per heavy atom. The largest absolute Gasteiger partial charge is 0.305 e. The fourth-order valence-corrected chi connectivity index (χ4v) is 2.98. The molecule has 1 aromatic rings. The van der Waals surface area contributed by atoms with Gasteiger partial charge in [0.25, 0.3) is 0 Å². The van der Waals surface area contributed by atoms with Gasteiger partial charge in [-0.3, -0.25) is 0 Å². The standard InChI is InChI=1S/C11H19N3S/c1-7-4-5-10(6-7)12-8(2)11-14-13-9(3)15-11/h7-8,10,12H,4-6H2,1-3H3. The average molecular weight is 225 g/mol. The maximum absolute atomic E-state index is 4.18. The summed E-state index contributed by atoms with van der Waals surface area (Å²) < 4.78 is 0. The van der Waals surface area contributed by atoms with Crippen LogP contribution in [0.25, 0.3) is 0 Å². The van der Waals surface area contributed by atoms with Crippen molar-refractivity contribution in [2.24, 2.45) is 5.92 Å². The molecule has 1 aliphatic carbocycles. The number of nitrogens with zero attached hydrogens (tertiary/aromatic N) is 2. The van der Waals surface area contributed by atoms with E-state index in [9.17, 15) is 0 Å². The molecule has 84 valence electrons. The SMILES string of the molecule is Cc1nnc(C(C)NC2CCC(C)C2)s1. The Kier molecular flexibility index (Phi) is 3.36. The first kappa shape index (κ1) is 11.0. The third-order valence-corrected chi connectivity index (χ3v) is 4.11. The first-order valence-corrected chi connectivity index (χ1v) is 6.53. The number of aryl methyl sites for hydroxylation is 1. The Morgan fingerprint density at radius 2 is 2.20 bits per heavy atom. The van der Waals surface area contributed by atoms with Gasteiger partial charge in [0, 0.05) is 6.04 Å². The van der Waals surface area contributed by atoms with Gasteiger partial charge >= 0.3 is 0 Å². The third kappa shape index (κ3) is 2.75. The van der Waals surface area contributed by atoms with Crippen LogP contribution in [-0.4, -0.2) is 16.2 Å². The van der Waals surface area contributed by atoms with Gasteiger partial charge in [0.2, 0.25) is 0 Å². The highest BCUT2D eigenvalue weighted by molar-refractivity contribution is 7.11. The molecule has 0 aliphatic heterocycles. The number of rotatable bonds is 3. The van der Waals surface area contributed by atoms with Gasteiger partial charge in [-0.25, -0.2) is 0 Å². The Morgan fingerprint density at radius 3 is 2.73 bits per heavy atom. The van der Waals surface area contributed by atoms with E-state index >= 15 is 0 Å². The summed E-state index contributed by atoms with van der Waals surface area (Å²) in [6.07, 6.45) is 3.98. The van der Waals surface area contributed by atoms with Gasteiger partial charge in [-0.05, 0) is 39.0 Å². The smallest absolute Gasteiger partial charge is 0.134 e. The number of hydrogen-bond donors (Lipinski definition) is 1. The van der Waals surface area contributed by atoms with Crippen molar-refractivity contribution in [3.63, 3.8) is 0 Å². The lowest BCUT2D eigenvalue weighted by Crippen LogP contribution is -2.29. The second kappa shape index (κ2) is 4.58. The van der Waals surface area contributed by atoms with Gasteiger partial charge in [-0.2, -0.15) is 0 Å². The van der Waals surface area contributed by atoms with Gasteiger partial charge in [0.15, 0.2) is 0 Å². The summed E-state index contributed by atoms with van der Waals surface area (Å²) in [5.41, 5.74) is 0. The van der Waals surface area contributed by atoms with E-state index in [1.165, 1.54) is 19.3 Å². The molecule has 3 nitrogen and oxygen atoms in total. The van der Waals surface area contributed by atoms with Crippen LogP contribution in [0.1, 0.15) is 49.2 Å². The summed E-state index contributed by atoms with van der Waals surface area (Å²) in [6, 6.07) is 1.03. The highest BCUT2D eigenvalue weighted by atomic mass is 32.1. The summed E-state index contributed by atoms with van der Waals surface area (Å²) in [5.74, 6) is 0.880. The zero-order valence-corrected chi connectivity index (χ0v) is 10.5. The van der Waals surface area contributed by atoms with Crippen LogP contribution in [0.3, 0.4) is 0 Å². The third-order valence-electron chi connectivity index (χ3n) is 3.09. The zero-order chi connectivity index (χ0) is 10.8. The van der Waals surface area contributed by atoms with Crippen LogP contribution in [-0.2, 0) is 0 Å². The molecule has 0 bridgehead atoms. The van der Waals surface area contributed by atoms with E-state index in [0.717, 1.165) is 15.9 Å². The molecule has 0 aromatic carbocycles. The zero-order valence-electron chi connectivity index (χ0n) is 9.66. The summed E-state index contributed by atoms with van der Waals surface area (Å²) in [5, 5.41) is 14.1. The molecular weight excluding hydrogens is 206 g/mol. The van der Waals surface area contributed by atoms with Crippen LogP contribution < -0.4 is 5.32 Å². The van der Waals surface area contributed by atoms with Gasteiger partial charge in [-0.15, -0.1) is 21.5 Å². The predicted octanol–water partition coefficient (Wildman–Crippen LogP) is 2.69. The predicted molar refractivity (Wildman–Crippen MR) is 63.0 cm³/mol. The Bertz CT molecular complexity index is 323. The lowest BCUT2D eigenvalue weighted by atomic mass is 10.1. The van der Waals surface area contributed by atoms with Crippen LogP contribution in [0.5, 0.6) is 0 Å². The molecule has 3 atom stereocenters. The lowest BCUT2D eigenvalue weighted by molar-refractivity contribution is 0.446. The monoisotopic (exact) mass is 225 g/mol. The minimum atomic E-state index is 0.353. The van der Waals surface area contributed by atoms with E-state index in [1.54, 1.807) is 11.3 Å².